The molecule has 0 radical (unpaired) electrons. The molecule has 0 aliphatic rings. The fraction of sp³-hybridized carbons (Fsp3) is 0.167. The number of carbonyl (C=O) groups is 1. The monoisotopic (exact) mass is 297 g/mol. The fourth-order valence-electron chi connectivity index (χ4n) is 1.77. The van der Waals surface area contributed by atoms with E-state index in [0.717, 1.165) is 11.4 Å². The standard InChI is InChI=1S/C18H19NO3/c1-3-21-16-10-7-11-17(12-16)22-13-14(2)18(20)19-15-8-5-4-6-9-15/h4-13H,3H2,1-2H3,(H,19,20)/b14-13+. The summed E-state index contributed by atoms with van der Waals surface area (Å²) in [7, 11) is 0. The first-order valence-electron chi connectivity index (χ1n) is 7.11. The van der Waals surface area contributed by atoms with Gasteiger partial charge in [0, 0.05) is 17.3 Å². The Morgan fingerprint density at radius 2 is 1.82 bits per heavy atom. The zero-order valence-electron chi connectivity index (χ0n) is 12.7. The molecule has 0 aliphatic carbocycles. The topological polar surface area (TPSA) is 47.6 Å². The third-order valence-corrected chi connectivity index (χ3v) is 2.88. The van der Waals surface area contributed by atoms with Crippen molar-refractivity contribution in [1.29, 1.82) is 0 Å². The Bertz CT molecular complexity index is 650. The third kappa shape index (κ3) is 4.66. The van der Waals surface area contributed by atoms with E-state index in [-0.39, 0.29) is 5.91 Å². The minimum absolute atomic E-state index is 0.202. The molecule has 0 aromatic heterocycles. The summed E-state index contributed by atoms with van der Waals surface area (Å²) in [6.45, 7) is 4.22. The number of rotatable bonds is 6. The second kappa shape index (κ2) is 7.88. The van der Waals surface area contributed by atoms with Crippen LogP contribution in [0.5, 0.6) is 11.5 Å². The highest BCUT2D eigenvalue weighted by molar-refractivity contribution is 6.03. The molecule has 0 saturated heterocycles. The number of carbonyl (C=O) groups excluding carboxylic acids is 1. The van der Waals surface area contributed by atoms with Crippen LogP contribution >= 0.6 is 0 Å². The van der Waals surface area contributed by atoms with Crippen molar-refractivity contribution in [1.82, 2.24) is 0 Å². The number of anilines is 1. The maximum absolute atomic E-state index is 12.0. The van der Waals surface area contributed by atoms with E-state index in [9.17, 15) is 4.79 Å². The van der Waals surface area contributed by atoms with Gasteiger partial charge in [0.2, 0.25) is 0 Å². The van der Waals surface area contributed by atoms with Crippen molar-refractivity contribution in [3.8, 4) is 11.5 Å². The highest BCUT2D eigenvalue weighted by atomic mass is 16.5. The summed E-state index contributed by atoms with van der Waals surface area (Å²) in [5, 5.41) is 2.80. The van der Waals surface area contributed by atoms with Crippen LogP contribution in [0.3, 0.4) is 0 Å². The van der Waals surface area contributed by atoms with Gasteiger partial charge in [-0.05, 0) is 38.1 Å². The number of ether oxygens (including phenoxy) is 2. The molecule has 22 heavy (non-hydrogen) atoms. The summed E-state index contributed by atoms with van der Waals surface area (Å²) in [5.41, 5.74) is 1.23. The molecular formula is C18H19NO3. The van der Waals surface area contributed by atoms with Crippen molar-refractivity contribution < 1.29 is 14.3 Å². The maximum atomic E-state index is 12.0. The van der Waals surface area contributed by atoms with Crippen LogP contribution in [0.25, 0.3) is 0 Å². The largest absolute Gasteiger partial charge is 0.494 e. The molecule has 4 heteroatoms. The molecule has 0 atom stereocenters. The zero-order valence-corrected chi connectivity index (χ0v) is 12.7. The van der Waals surface area contributed by atoms with Crippen LogP contribution in [0.1, 0.15) is 13.8 Å². The number of para-hydroxylation sites is 1. The molecule has 2 rings (SSSR count). The zero-order chi connectivity index (χ0) is 15.8. The Kier molecular flexibility index (Phi) is 5.60. The molecule has 2 aromatic rings. The number of benzene rings is 2. The van der Waals surface area contributed by atoms with Gasteiger partial charge in [-0.3, -0.25) is 4.79 Å². The van der Waals surface area contributed by atoms with Gasteiger partial charge in [-0.2, -0.15) is 0 Å². The molecule has 0 aliphatic heterocycles. The first-order chi connectivity index (χ1) is 10.7. The van der Waals surface area contributed by atoms with Crippen LogP contribution in [-0.2, 0) is 4.79 Å². The van der Waals surface area contributed by atoms with Crippen LogP contribution in [0.2, 0.25) is 0 Å². The summed E-state index contributed by atoms with van der Waals surface area (Å²) in [5.74, 6) is 1.16. The van der Waals surface area contributed by atoms with Crippen molar-refractivity contribution in [3.63, 3.8) is 0 Å². The summed E-state index contributed by atoms with van der Waals surface area (Å²) in [6.07, 6.45) is 1.43. The molecule has 114 valence electrons. The number of hydrogen-bond acceptors (Lipinski definition) is 3. The molecule has 2 aromatic carbocycles. The summed E-state index contributed by atoms with van der Waals surface area (Å²) < 4.78 is 10.9. The number of hydrogen-bond donors (Lipinski definition) is 1. The smallest absolute Gasteiger partial charge is 0.254 e. The van der Waals surface area contributed by atoms with E-state index in [0.29, 0.717) is 17.9 Å². The van der Waals surface area contributed by atoms with Gasteiger partial charge in [-0.1, -0.05) is 24.3 Å². The predicted molar refractivity (Wildman–Crippen MR) is 87.1 cm³/mol. The predicted octanol–water partition coefficient (Wildman–Crippen LogP) is 4.01. The van der Waals surface area contributed by atoms with Gasteiger partial charge in [-0.15, -0.1) is 0 Å². The van der Waals surface area contributed by atoms with Crippen molar-refractivity contribution in [3.05, 3.63) is 66.4 Å². The Labute approximate surface area is 130 Å². The van der Waals surface area contributed by atoms with Crippen LogP contribution in [0.4, 0.5) is 5.69 Å². The van der Waals surface area contributed by atoms with E-state index in [4.69, 9.17) is 9.47 Å². The molecule has 0 unspecified atom stereocenters. The van der Waals surface area contributed by atoms with E-state index in [2.05, 4.69) is 5.32 Å². The van der Waals surface area contributed by atoms with Crippen LogP contribution in [-0.4, -0.2) is 12.5 Å². The first-order valence-corrected chi connectivity index (χ1v) is 7.11. The lowest BCUT2D eigenvalue weighted by molar-refractivity contribution is -0.112. The van der Waals surface area contributed by atoms with Crippen molar-refractivity contribution >= 4 is 11.6 Å². The minimum atomic E-state index is -0.202. The van der Waals surface area contributed by atoms with Gasteiger partial charge in [-0.25, -0.2) is 0 Å². The van der Waals surface area contributed by atoms with E-state index in [1.54, 1.807) is 19.1 Å². The lowest BCUT2D eigenvalue weighted by Gasteiger charge is -2.07. The maximum Gasteiger partial charge on any atom is 0.254 e. The Morgan fingerprint density at radius 3 is 2.55 bits per heavy atom. The van der Waals surface area contributed by atoms with Crippen LogP contribution < -0.4 is 14.8 Å². The quantitative estimate of drug-likeness (QED) is 0.647. The molecule has 1 amide bonds. The first kappa shape index (κ1) is 15.6. The number of nitrogens with one attached hydrogen (secondary N) is 1. The molecule has 1 N–H and O–H groups in total. The van der Waals surface area contributed by atoms with Crippen LogP contribution in [0, 0.1) is 0 Å². The molecule has 0 fully saturated rings. The van der Waals surface area contributed by atoms with Gasteiger partial charge in [0.25, 0.3) is 5.91 Å². The van der Waals surface area contributed by atoms with Gasteiger partial charge in [0.15, 0.2) is 0 Å². The fourth-order valence-corrected chi connectivity index (χ4v) is 1.77. The van der Waals surface area contributed by atoms with Crippen LogP contribution in [0.15, 0.2) is 66.4 Å². The van der Waals surface area contributed by atoms with E-state index in [1.807, 2.05) is 49.4 Å². The summed E-state index contributed by atoms with van der Waals surface area (Å²) >= 11 is 0. The van der Waals surface area contributed by atoms with Gasteiger partial charge in [0.1, 0.15) is 11.5 Å². The normalized spacial score (nSPS) is 10.9. The molecule has 0 heterocycles. The van der Waals surface area contributed by atoms with Crippen molar-refractivity contribution in [2.75, 3.05) is 11.9 Å². The second-order valence-corrected chi connectivity index (χ2v) is 4.65. The molecular weight excluding hydrogens is 278 g/mol. The lowest BCUT2D eigenvalue weighted by atomic mass is 10.2. The van der Waals surface area contributed by atoms with Gasteiger partial charge in [0.05, 0.1) is 12.9 Å². The highest BCUT2D eigenvalue weighted by Crippen LogP contribution is 2.20. The molecule has 4 nitrogen and oxygen atoms in total. The minimum Gasteiger partial charge on any atom is -0.494 e. The van der Waals surface area contributed by atoms with E-state index < -0.39 is 0 Å². The second-order valence-electron chi connectivity index (χ2n) is 4.65. The molecule has 0 spiro atoms. The summed E-state index contributed by atoms with van der Waals surface area (Å²) in [6, 6.07) is 16.6. The lowest BCUT2D eigenvalue weighted by Crippen LogP contribution is -2.13. The average molecular weight is 297 g/mol. The summed E-state index contributed by atoms with van der Waals surface area (Å²) in [4.78, 5) is 12.0. The van der Waals surface area contributed by atoms with E-state index in [1.165, 1.54) is 6.26 Å². The highest BCUT2D eigenvalue weighted by Gasteiger charge is 2.05. The van der Waals surface area contributed by atoms with Crippen molar-refractivity contribution in [2.45, 2.75) is 13.8 Å². The Hall–Kier alpha value is -2.75. The SMILES string of the molecule is CCOc1cccc(O/C=C(\C)C(=O)Nc2ccccc2)c1. The van der Waals surface area contributed by atoms with Gasteiger partial charge >= 0.3 is 0 Å². The molecule has 0 bridgehead atoms. The number of amides is 1. The molecule has 0 saturated carbocycles. The van der Waals surface area contributed by atoms with Crippen molar-refractivity contribution in [2.24, 2.45) is 0 Å². The average Bonchev–Trinajstić information content (AvgIpc) is 2.54. The van der Waals surface area contributed by atoms with E-state index >= 15 is 0 Å². The Morgan fingerprint density at radius 1 is 1.09 bits per heavy atom. The third-order valence-electron chi connectivity index (χ3n) is 2.88. The Balaban J connectivity index is 1.97. The van der Waals surface area contributed by atoms with Gasteiger partial charge < -0.3 is 14.8 Å².